The molecule has 4 amide bonds. The quantitative estimate of drug-likeness (QED) is 0.533. The standard InChI is InChI=1S/C18H17F3N4O3/c19-11-6-7-12(16(21)15(11)20)24-14(26)9-23-17(27)13(25-18(22)28)8-10-4-2-1-3-5-10/h1-7,13H,8-9H2,(H,23,27)(H,24,26)(H3,22,25,28). The van der Waals surface area contributed by atoms with E-state index in [2.05, 4.69) is 10.6 Å². The fraction of sp³-hybridized carbons (Fsp3) is 0.167. The Labute approximate surface area is 158 Å². The minimum atomic E-state index is -1.73. The Bertz CT molecular complexity index is 878. The first-order valence-corrected chi connectivity index (χ1v) is 8.09. The minimum absolute atomic E-state index is 0.120. The van der Waals surface area contributed by atoms with E-state index >= 15 is 0 Å². The van der Waals surface area contributed by atoms with Gasteiger partial charge in [0.2, 0.25) is 11.8 Å². The zero-order valence-electron chi connectivity index (χ0n) is 14.5. The van der Waals surface area contributed by atoms with Crippen LogP contribution in [0.3, 0.4) is 0 Å². The third kappa shape index (κ3) is 5.73. The normalized spacial score (nSPS) is 11.4. The predicted molar refractivity (Wildman–Crippen MR) is 94.6 cm³/mol. The largest absolute Gasteiger partial charge is 0.352 e. The van der Waals surface area contributed by atoms with Crippen LogP contribution >= 0.6 is 0 Å². The van der Waals surface area contributed by atoms with E-state index in [0.29, 0.717) is 6.07 Å². The molecule has 148 valence electrons. The summed E-state index contributed by atoms with van der Waals surface area (Å²) in [6, 6.07) is 8.28. The van der Waals surface area contributed by atoms with Gasteiger partial charge in [0.1, 0.15) is 6.04 Å². The van der Waals surface area contributed by atoms with Crippen LogP contribution in [0.2, 0.25) is 0 Å². The molecule has 7 nitrogen and oxygen atoms in total. The number of nitrogens with two attached hydrogens (primary N) is 1. The highest BCUT2D eigenvalue weighted by Crippen LogP contribution is 2.19. The van der Waals surface area contributed by atoms with Gasteiger partial charge >= 0.3 is 6.03 Å². The van der Waals surface area contributed by atoms with Crippen LogP contribution in [0, 0.1) is 17.5 Å². The molecule has 2 aromatic rings. The van der Waals surface area contributed by atoms with Crippen molar-refractivity contribution in [2.24, 2.45) is 5.73 Å². The van der Waals surface area contributed by atoms with Gasteiger partial charge in [0, 0.05) is 6.42 Å². The van der Waals surface area contributed by atoms with Gasteiger partial charge in [-0.2, -0.15) is 0 Å². The summed E-state index contributed by atoms with van der Waals surface area (Å²) in [7, 11) is 0. The molecule has 0 spiro atoms. The van der Waals surface area contributed by atoms with Crippen molar-refractivity contribution >= 4 is 23.5 Å². The Morgan fingerprint density at radius 2 is 1.64 bits per heavy atom. The summed E-state index contributed by atoms with van der Waals surface area (Å²) in [6.07, 6.45) is 0.120. The minimum Gasteiger partial charge on any atom is -0.352 e. The molecule has 1 atom stereocenters. The average molecular weight is 394 g/mol. The predicted octanol–water partition coefficient (Wildman–Crippen LogP) is 1.44. The molecule has 5 N–H and O–H groups in total. The van der Waals surface area contributed by atoms with Crippen molar-refractivity contribution in [1.82, 2.24) is 10.6 Å². The number of rotatable bonds is 7. The molecule has 0 aromatic heterocycles. The van der Waals surface area contributed by atoms with E-state index in [1.807, 2.05) is 5.32 Å². The Morgan fingerprint density at radius 3 is 2.29 bits per heavy atom. The number of primary amides is 1. The van der Waals surface area contributed by atoms with Crippen LogP contribution in [-0.2, 0) is 16.0 Å². The second-order valence-electron chi connectivity index (χ2n) is 5.74. The van der Waals surface area contributed by atoms with Crippen LogP contribution < -0.4 is 21.7 Å². The molecule has 0 saturated carbocycles. The third-order valence-electron chi connectivity index (χ3n) is 3.65. The first-order chi connectivity index (χ1) is 13.3. The van der Waals surface area contributed by atoms with Crippen molar-refractivity contribution < 1.29 is 27.6 Å². The number of nitrogens with one attached hydrogen (secondary N) is 3. The molecular formula is C18H17F3N4O3. The van der Waals surface area contributed by atoms with E-state index in [4.69, 9.17) is 5.73 Å². The van der Waals surface area contributed by atoms with E-state index in [-0.39, 0.29) is 6.42 Å². The SMILES string of the molecule is NC(=O)NC(Cc1ccccc1)C(=O)NCC(=O)Nc1ccc(F)c(F)c1F. The van der Waals surface area contributed by atoms with Gasteiger partial charge in [-0.25, -0.2) is 18.0 Å². The van der Waals surface area contributed by atoms with E-state index < -0.39 is 53.6 Å². The van der Waals surface area contributed by atoms with Gasteiger partial charge in [0.05, 0.1) is 12.2 Å². The van der Waals surface area contributed by atoms with Gasteiger partial charge < -0.3 is 21.7 Å². The van der Waals surface area contributed by atoms with Crippen molar-refractivity contribution in [3.63, 3.8) is 0 Å². The molecule has 0 fully saturated rings. The lowest BCUT2D eigenvalue weighted by Crippen LogP contribution is -2.51. The monoisotopic (exact) mass is 394 g/mol. The van der Waals surface area contributed by atoms with Crippen LogP contribution in [0.1, 0.15) is 5.56 Å². The maximum Gasteiger partial charge on any atom is 0.312 e. The number of hydrogen-bond acceptors (Lipinski definition) is 3. The molecule has 2 rings (SSSR count). The van der Waals surface area contributed by atoms with Gasteiger partial charge in [0.15, 0.2) is 17.5 Å². The summed E-state index contributed by atoms with van der Waals surface area (Å²) in [5.41, 5.74) is 5.23. The molecule has 0 bridgehead atoms. The first kappa shape index (κ1) is 20.7. The fourth-order valence-electron chi connectivity index (χ4n) is 2.34. The molecule has 0 saturated heterocycles. The molecule has 28 heavy (non-hydrogen) atoms. The Morgan fingerprint density at radius 1 is 0.964 bits per heavy atom. The van der Waals surface area contributed by atoms with Crippen LogP contribution in [0.4, 0.5) is 23.7 Å². The van der Waals surface area contributed by atoms with Crippen molar-refractivity contribution in [3.05, 3.63) is 65.5 Å². The van der Waals surface area contributed by atoms with Crippen molar-refractivity contribution in [2.45, 2.75) is 12.5 Å². The van der Waals surface area contributed by atoms with E-state index in [9.17, 15) is 27.6 Å². The molecule has 0 heterocycles. The van der Waals surface area contributed by atoms with Gasteiger partial charge in [-0.05, 0) is 17.7 Å². The second kappa shape index (κ2) is 9.40. The summed E-state index contributed by atoms with van der Waals surface area (Å²) in [4.78, 5) is 35.2. The Balaban J connectivity index is 1.96. The highest BCUT2D eigenvalue weighted by atomic mass is 19.2. The lowest BCUT2D eigenvalue weighted by Gasteiger charge is -2.17. The summed E-state index contributed by atoms with van der Waals surface area (Å²) in [6.45, 7) is -0.594. The van der Waals surface area contributed by atoms with E-state index in [1.165, 1.54) is 0 Å². The number of hydrogen-bond donors (Lipinski definition) is 4. The summed E-state index contributed by atoms with van der Waals surface area (Å²) in [5.74, 6) is -6.27. The summed E-state index contributed by atoms with van der Waals surface area (Å²) >= 11 is 0. The summed E-state index contributed by atoms with van der Waals surface area (Å²) in [5, 5.41) is 6.55. The lowest BCUT2D eigenvalue weighted by molar-refractivity contribution is -0.125. The number of anilines is 1. The zero-order valence-corrected chi connectivity index (χ0v) is 14.5. The van der Waals surface area contributed by atoms with E-state index in [0.717, 1.165) is 11.6 Å². The fourth-order valence-corrected chi connectivity index (χ4v) is 2.34. The highest BCUT2D eigenvalue weighted by Gasteiger charge is 2.21. The zero-order chi connectivity index (χ0) is 20.7. The van der Waals surface area contributed by atoms with Gasteiger partial charge in [-0.1, -0.05) is 30.3 Å². The highest BCUT2D eigenvalue weighted by molar-refractivity contribution is 5.96. The topological polar surface area (TPSA) is 113 Å². The second-order valence-corrected chi connectivity index (χ2v) is 5.74. The van der Waals surface area contributed by atoms with Crippen molar-refractivity contribution in [3.8, 4) is 0 Å². The van der Waals surface area contributed by atoms with Crippen LogP contribution in [0.5, 0.6) is 0 Å². The molecule has 10 heteroatoms. The number of benzene rings is 2. The number of amides is 4. The smallest absolute Gasteiger partial charge is 0.312 e. The lowest BCUT2D eigenvalue weighted by atomic mass is 10.1. The molecule has 0 aliphatic heterocycles. The molecule has 0 aliphatic rings. The molecule has 1 unspecified atom stereocenters. The number of halogens is 3. The van der Waals surface area contributed by atoms with Crippen molar-refractivity contribution in [1.29, 1.82) is 0 Å². The molecule has 0 aliphatic carbocycles. The molecular weight excluding hydrogens is 377 g/mol. The number of carbonyl (C=O) groups excluding carboxylic acids is 3. The average Bonchev–Trinajstić information content (AvgIpc) is 2.66. The summed E-state index contributed by atoms with van der Waals surface area (Å²) < 4.78 is 39.6. The van der Waals surface area contributed by atoms with Crippen LogP contribution in [-0.4, -0.2) is 30.4 Å². The number of carbonyl (C=O) groups is 3. The van der Waals surface area contributed by atoms with Crippen molar-refractivity contribution in [2.75, 3.05) is 11.9 Å². The van der Waals surface area contributed by atoms with Crippen LogP contribution in [0.15, 0.2) is 42.5 Å². The number of urea groups is 1. The van der Waals surface area contributed by atoms with E-state index in [1.54, 1.807) is 30.3 Å². The van der Waals surface area contributed by atoms with Gasteiger partial charge in [-0.3, -0.25) is 9.59 Å². The third-order valence-corrected chi connectivity index (χ3v) is 3.65. The Hall–Kier alpha value is -3.56. The Kier molecular flexibility index (Phi) is 6.96. The van der Waals surface area contributed by atoms with Gasteiger partial charge in [-0.15, -0.1) is 0 Å². The van der Waals surface area contributed by atoms with Crippen LogP contribution in [0.25, 0.3) is 0 Å². The first-order valence-electron chi connectivity index (χ1n) is 8.09. The molecule has 2 aromatic carbocycles. The molecule has 0 radical (unpaired) electrons. The maximum atomic E-state index is 13.6. The van der Waals surface area contributed by atoms with Gasteiger partial charge in [0.25, 0.3) is 0 Å². The maximum absolute atomic E-state index is 13.6.